The predicted octanol–water partition coefficient (Wildman–Crippen LogP) is 6.44. The van der Waals surface area contributed by atoms with Crippen molar-refractivity contribution < 1.29 is 0 Å². The maximum absolute atomic E-state index is 9.63. The van der Waals surface area contributed by atoms with Crippen molar-refractivity contribution >= 4 is 97.7 Å². The van der Waals surface area contributed by atoms with Crippen molar-refractivity contribution in [3.05, 3.63) is 56.1 Å². The molecule has 1 aliphatic rings. The first-order valence-electron chi connectivity index (χ1n) is 5.94. The minimum atomic E-state index is 0.0590. The van der Waals surface area contributed by atoms with E-state index in [9.17, 15) is 5.26 Å². The summed E-state index contributed by atoms with van der Waals surface area (Å²) in [4.78, 5) is 0.778. The fraction of sp³-hybridized carbons (Fsp3) is 0.0667. The molecule has 0 amide bonds. The number of halogens is 4. The molecule has 118 valence electrons. The molecular formula is C15H7Cl4NS3. The van der Waals surface area contributed by atoms with E-state index < -0.39 is 0 Å². The quantitative estimate of drug-likeness (QED) is 0.280. The minimum absolute atomic E-state index is 0.0590. The number of nitriles is 1. The molecule has 1 rings (SSSR count). The Hall–Kier alpha value is -0.380. The molecule has 0 saturated heterocycles. The summed E-state index contributed by atoms with van der Waals surface area (Å²) in [6.07, 6.45) is 5.93. The van der Waals surface area contributed by atoms with Crippen LogP contribution in [0.4, 0.5) is 0 Å². The third-order valence-electron chi connectivity index (χ3n) is 2.71. The van der Waals surface area contributed by atoms with Gasteiger partial charge in [0.25, 0.3) is 0 Å². The van der Waals surface area contributed by atoms with Crippen LogP contribution in [0.5, 0.6) is 0 Å². The Morgan fingerprint density at radius 2 is 1.65 bits per heavy atom. The van der Waals surface area contributed by atoms with E-state index >= 15 is 0 Å². The fourth-order valence-electron chi connectivity index (χ4n) is 1.68. The number of hydrogen-bond donors (Lipinski definition) is 0. The largest absolute Gasteiger partial charge is 0.192 e. The minimum Gasteiger partial charge on any atom is -0.192 e. The van der Waals surface area contributed by atoms with Crippen LogP contribution in [0.1, 0.15) is 6.42 Å². The Balaban J connectivity index is 3.71. The van der Waals surface area contributed by atoms with Gasteiger partial charge in [0.2, 0.25) is 0 Å². The number of hydrogen-bond acceptors (Lipinski definition) is 4. The van der Waals surface area contributed by atoms with Crippen LogP contribution in [0.15, 0.2) is 56.1 Å². The van der Waals surface area contributed by atoms with Crippen molar-refractivity contribution in [1.82, 2.24) is 0 Å². The smallest absolute Gasteiger partial charge is 0.101 e. The van der Waals surface area contributed by atoms with E-state index in [0.717, 1.165) is 11.1 Å². The topological polar surface area (TPSA) is 23.8 Å². The Bertz CT molecular complexity index is 732. The Morgan fingerprint density at radius 3 is 2.04 bits per heavy atom. The summed E-state index contributed by atoms with van der Waals surface area (Å²) in [6.45, 7) is 0. The molecule has 0 fully saturated rings. The first kappa shape index (κ1) is 20.7. The Morgan fingerprint density at radius 1 is 1.13 bits per heavy atom. The van der Waals surface area contributed by atoms with E-state index in [2.05, 4.69) is 6.07 Å². The van der Waals surface area contributed by atoms with Gasteiger partial charge in [0.15, 0.2) is 0 Å². The summed E-state index contributed by atoms with van der Waals surface area (Å²) in [7, 11) is 0. The van der Waals surface area contributed by atoms with E-state index in [1.807, 2.05) is 6.08 Å². The van der Waals surface area contributed by atoms with Gasteiger partial charge < -0.3 is 0 Å². The van der Waals surface area contributed by atoms with Crippen LogP contribution in [-0.4, -0.2) is 14.6 Å². The van der Waals surface area contributed by atoms with Crippen LogP contribution in [0, 0.1) is 11.3 Å². The van der Waals surface area contributed by atoms with Gasteiger partial charge in [-0.1, -0.05) is 101 Å². The maximum Gasteiger partial charge on any atom is 0.101 e. The molecule has 0 N–H and O–H groups in total. The number of thiocarbonyl (C=S) groups is 3. The summed E-state index contributed by atoms with van der Waals surface area (Å²) in [5.74, 6) is 0. The molecule has 8 heteroatoms. The van der Waals surface area contributed by atoms with Crippen LogP contribution >= 0.6 is 83.1 Å². The number of nitrogens with zero attached hydrogens (tertiary/aromatic N) is 1. The first-order chi connectivity index (χ1) is 10.9. The monoisotopic (exact) mass is 437 g/mol. The van der Waals surface area contributed by atoms with Gasteiger partial charge in [0.1, 0.15) is 6.07 Å². The lowest BCUT2D eigenvalue weighted by atomic mass is 9.91. The highest BCUT2D eigenvalue weighted by Gasteiger charge is 2.24. The number of allylic oxidation sites excluding steroid dienone is 8. The fourth-order valence-corrected chi connectivity index (χ4v) is 3.08. The average molecular weight is 439 g/mol. The molecule has 0 aromatic rings. The van der Waals surface area contributed by atoms with Crippen LogP contribution in [0.3, 0.4) is 0 Å². The van der Waals surface area contributed by atoms with Crippen LogP contribution in [-0.2, 0) is 0 Å². The lowest BCUT2D eigenvalue weighted by molar-refractivity contribution is 1.41. The standard InChI is InChI=1S/C15H7Cl4NS3/c16-5-10(18)14(22)13(15(23)11(19)6-17)9(7-20)8-3-1-2-4-12(8)21/h1-3,5-6H,4H2. The molecule has 1 nitrogen and oxygen atoms in total. The van der Waals surface area contributed by atoms with E-state index in [-0.39, 0.29) is 30.9 Å². The average Bonchev–Trinajstić information content (AvgIpc) is 2.57. The highest BCUT2D eigenvalue weighted by Crippen LogP contribution is 2.29. The molecule has 0 saturated carbocycles. The lowest BCUT2D eigenvalue weighted by Gasteiger charge is -2.16. The molecule has 0 radical (unpaired) electrons. The van der Waals surface area contributed by atoms with Crippen molar-refractivity contribution in [2.45, 2.75) is 6.42 Å². The summed E-state index contributed by atoms with van der Waals surface area (Å²) in [5, 5.41) is 9.75. The predicted molar refractivity (Wildman–Crippen MR) is 112 cm³/mol. The van der Waals surface area contributed by atoms with Gasteiger partial charge in [-0.15, -0.1) is 0 Å². The summed E-state index contributed by atoms with van der Waals surface area (Å²) in [5.41, 5.74) is 3.11. The van der Waals surface area contributed by atoms with Crippen molar-refractivity contribution in [1.29, 1.82) is 5.26 Å². The van der Waals surface area contributed by atoms with Gasteiger partial charge in [-0.05, 0) is 0 Å². The first-order valence-corrected chi connectivity index (χ1v) is 8.80. The third kappa shape index (κ3) is 5.04. The second-order valence-electron chi connectivity index (χ2n) is 4.07. The molecule has 0 heterocycles. The lowest BCUT2D eigenvalue weighted by Crippen LogP contribution is -2.16. The zero-order valence-corrected chi connectivity index (χ0v) is 16.8. The molecule has 0 atom stereocenters. The normalized spacial score (nSPS) is 14.9. The van der Waals surface area contributed by atoms with Gasteiger partial charge in [0, 0.05) is 33.5 Å². The molecule has 0 spiro atoms. The number of rotatable bonds is 5. The van der Waals surface area contributed by atoms with Gasteiger partial charge >= 0.3 is 0 Å². The van der Waals surface area contributed by atoms with E-state index in [1.54, 1.807) is 12.2 Å². The van der Waals surface area contributed by atoms with Crippen LogP contribution in [0.25, 0.3) is 0 Å². The highest BCUT2D eigenvalue weighted by molar-refractivity contribution is 7.84. The van der Waals surface area contributed by atoms with Gasteiger partial charge in [-0.2, -0.15) is 5.26 Å². The van der Waals surface area contributed by atoms with E-state index in [1.165, 1.54) is 0 Å². The zero-order valence-electron chi connectivity index (χ0n) is 11.3. The zero-order chi connectivity index (χ0) is 17.6. The molecule has 0 aromatic carbocycles. The van der Waals surface area contributed by atoms with Crippen molar-refractivity contribution in [3.8, 4) is 6.07 Å². The van der Waals surface area contributed by atoms with Crippen molar-refractivity contribution in [3.63, 3.8) is 0 Å². The van der Waals surface area contributed by atoms with Crippen molar-refractivity contribution in [2.24, 2.45) is 0 Å². The SMILES string of the molecule is N#CC(C1=CC=CCC1=S)=C(C(=S)C(Cl)=CCl)C(=S)C(Cl)=CCl. The second-order valence-corrected chi connectivity index (χ2v) is 6.63. The second kappa shape index (κ2) is 9.80. The van der Waals surface area contributed by atoms with E-state index in [4.69, 9.17) is 83.1 Å². The Labute approximate surface area is 170 Å². The molecule has 0 bridgehead atoms. The van der Waals surface area contributed by atoms with Gasteiger partial charge in [0.05, 0.1) is 25.4 Å². The molecule has 23 heavy (non-hydrogen) atoms. The molecule has 0 aromatic heterocycles. The molecule has 1 aliphatic carbocycles. The molecule has 0 aliphatic heterocycles. The molecule has 0 unspecified atom stereocenters. The molecular weight excluding hydrogens is 432 g/mol. The summed E-state index contributed by atoms with van der Waals surface area (Å²) < 4.78 is 0. The third-order valence-corrected chi connectivity index (χ3v) is 5.43. The van der Waals surface area contributed by atoms with Gasteiger partial charge in [-0.3, -0.25) is 0 Å². The summed E-state index contributed by atoms with van der Waals surface area (Å²) in [6, 6.07) is 2.08. The van der Waals surface area contributed by atoms with E-state index in [0.29, 0.717) is 16.9 Å². The van der Waals surface area contributed by atoms with Crippen LogP contribution < -0.4 is 0 Å². The van der Waals surface area contributed by atoms with Crippen LogP contribution in [0.2, 0.25) is 0 Å². The van der Waals surface area contributed by atoms with Gasteiger partial charge in [-0.25, -0.2) is 0 Å². The summed E-state index contributed by atoms with van der Waals surface area (Å²) >= 11 is 39.1. The van der Waals surface area contributed by atoms with Crippen molar-refractivity contribution in [2.75, 3.05) is 0 Å². The maximum atomic E-state index is 9.63. The Kier molecular flexibility index (Phi) is 8.81. The highest BCUT2D eigenvalue weighted by atomic mass is 35.5.